The van der Waals surface area contributed by atoms with Gasteiger partial charge in [-0.25, -0.2) is 12.7 Å². The van der Waals surface area contributed by atoms with Gasteiger partial charge in [-0.3, -0.25) is 9.59 Å². The fourth-order valence-corrected chi connectivity index (χ4v) is 3.41. The monoisotopic (exact) mass is 289 g/mol. The average Bonchev–Trinajstić information content (AvgIpc) is 2.34. The molecule has 0 radical (unpaired) electrons. The molecule has 0 spiro atoms. The number of hydrogen-bond acceptors (Lipinski definition) is 5. The lowest BCUT2D eigenvalue weighted by atomic mass is 10.4. The Balaban J connectivity index is 2.88. The highest BCUT2D eigenvalue weighted by Crippen LogP contribution is 2.30. The number of carbonyl (C=O) groups is 2. The number of nitrogens with zero attached hydrogens (tertiary/aromatic N) is 1. The lowest BCUT2D eigenvalue weighted by molar-refractivity contribution is -0.145. The molecule has 92 valence electrons. The summed E-state index contributed by atoms with van der Waals surface area (Å²) in [6.07, 6.45) is 0. The van der Waals surface area contributed by atoms with Gasteiger partial charge in [0.25, 0.3) is 15.9 Å². The van der Waals surface area contributed by atoms with Gasteiger partial charge in [0.2, 0.25) is 0 Å². The molecule has 0 aromatic rings. The van der Waals surface area contributed by atoms with Crippen LogP contribution in [0.1, 0.15) is 6.92 Å². The molecule has 1 saturated heterocycles. The first-order chi connectivity index (χ1) is 7.32. The molecule has 0 aliphatic carbocycles. The van der Waals surface area contributed by atoms with Crippen molar-refractivity contribution >= 4 is 45.1 Å². The summed E-state index contributed by atoms with van der Waals surface area (Å²) in [6.45, 7) is 0.962. The van der Waals surface area contributed by atoms with Crippen molar-refractivity contribution in [3.63, 3.8) is 0 Å². The van der Waals surface area contributed by atoms with Gasteiger partial charge < -0.3 is 4.74 Å². The normalized spacial score (nSPS) is 28.2. The minimum Gasteiger partial charge on any atom is -0.465 e. The van der Waals surface area contributed by atoms with E-state index in [9.17, 15) is 18.0 Å². The van der Waals surface area contributed by atoms with E-state index in [2.05, 4.69) is 4.74 Å². The number of amides is 1. The van der Waals surface area contributed by atoms with E-state index < -0.39 is 38.5 Å². The molecular weight excluding hydrogens is 281 g/mol. The van der Waals surface area contributed by atoms with Crippen LogP contribution >= 0.6 is 23.2 Å². The second-order valence-electron chi connectivity index (χ2n) is 2.95. The average molecular weight is 290 g/mol. The van der Waals surface area contributed by atoms with Crippen LogP contribution in [-0.2, 0) is 24.3 Å². The Labute approximate surface area is 102 Å². The predicted molar refractivity (Wildman–Crippen MR) is 56.5 cm³/mol. The summed E-state index contributed by atoms with van der Waals surface area (Å²) < 4.78 is 26.4. The maximum absolute atomic E-state index is 11.5. The minimum absolute atomic E-state index is 0.0928. The van der Waals surface area contributed by atoms with Crippen LogP contribution in [0.3, 0.4) is 0 Å². The van der Waals surface area contributed by atoms with Crippen LogP contribution in [0.2, 0.25) is 0 Å². The lowest BCUT2D eigenvalue weighted by Crippen LogP contribution is -2.36. The van der Waals surface area contributed by atoms with E-state index in [1.165, 1.54) is 0 Å². The highest BCUT2D eigenvalue weighted by molar-refractivity contribution is 7.92. The lowest BCUT2D eigenvalue weighted by Gasteiger charge is -2.13. The summed E-state index contributed by atoms with van der Waals surface area (Å²) >= 11 is 11.0. The van der Waals surface area contributed by atoms with Crippen LogP contribution in [0.4, 0.5) is 0 Å². The molecule has 0 saturated carbocycles. The first-order valence-electron chi connectivity index (χ1n) is 4.31. The Hall–Kier alpha value is -0.530. The van der Waals surface area contributed by atoms with E-state index in [1.807, 2.05) is 0 Å². The van der Waals surface area contributed by atoms with Gasteiger partial charge in [-0.1, -0.05) is 0 Å². The molecule has 0 N–H and O–H groups in total. The fourth-order valence-electron chi connectivity index (χ4n) is 1.14. The van der Waals surface area contributed by atoms with Gasteiger partial charge in [0.15, 0.2) is 4.71 Å². The van der Waals surface area contributed by atoms with Crippen LogP contribution in [0.25, 0.3) is 0 Å². The number of ether oxygens (including phenoxy) is 1. The van der Waals surface area contributed by atoms with Crippen molar-refractivity contribution in [2.75, 3.05) is 13.2 Å². The molecule has 2 unspecified atom stereocenters. The highest BCUT2D eigenvalue weighted by atomic mass is 35.5. The Morgan fingerprint density at radius 2 is 2.06 bits per heavy atom. The van der Waals surface area contributed by atoms with E-state index in [0.29, 0.717) is 4.31 Å². The Morgan fingerprint density at radius 3 is 2.44 bits per heavy atom. The summed E-state index contributed by atoms with van der Waals surface area (Å²) in [5.41, 5.74) is 0. The van der Waals surface area contributed by atoms with Crippen molar-refractivity contribution < 1.29 is 22.7 Å². The molecule has 6 nitrogen and oxygen atoms in total. The molecule has 0 bridgehead atoms. The van der Waals surface area contributed by atoms with Crippen LogP contribution in [0, 0.1) is 0 Å². The largest absolute Gasteiger partial charge is 0.465 e. The molecule has 0 aromatic heterocycles. The Kier molecular flexibility index (Phi) is 4.03. The van der Waals surface area contributed by atoms with Crippen LogP contribution in [0.5, 0.6) is 0 Å². The van der Waals surface area contributed by atoms with Gasteiger partial charge in [-0.15, -0.1) is 23.2 Å². The number of hydrogen-bond donors (Lipinski definition) is 0. The van der Waals surface area contributed by atoms with E-state index in [1.54, 1.807) is 6.92 Å². The molecule has 1 heterocycles. The quantitative estimate of drug-likeness (QED) is 0.535. The SMILES string of the molecule is CCOC(=O)CN1C(=O)C(Cl)C(Cl)S1(=O)=O. The van der Waals surface area contributed by atoms with Crippen molar-refractivity contribution in [2.24, 2.45) is 0 Å². The number of rotatable bonds is 3. The molecule has 2 atom stereocenters. The highest BCUT2D eigenvalue weighted by Gasteiger charge is 2.51. The van der Waals surface area contributed by atoms with Crippen molar-refractivity contribution in [3.8, 4) is 0 Å². The molecule has 1 aliphatic heterocycles. The summed E-state index contributed by atoms with van der Waals surface area (Å²) in [4.78, 5) is 22.5. The molecule has 1 rings (SSSR count). The fraction of sp³-hybridized carbons (Fsp3) is 0.714. The molecule has 16 heavy (non-hydrogen) atoms. The molecular formula is C7H9Cl2NO5S. The number of sulfonamides is 1. The topological polar surface area (TPSA) is 80.8 Å². The number of halogens is 2. The summed E-state index contributed by atoms with van der Waals surface area (Å²) in [6, 6.07) is 0. The van der Waals surface area contributed by atoms with Crippen LogP contribution in [-0.4, -0.2) is 47.8 Å². The third-order valence-corrected chi connectivity index (χ3v) is 5.29. The van der Waals surface area contributed by atoms with Gasteiger partial charge in [0.05, 0.1) is 6.61 Å². The van der Waals surface area contributed by atoms with Gasteiger partial charge in [0.1, 0.15) is 11.9 Å². The van der Waals surface area contributed by atoms with E-state index in [-0.39, 0.29) is 6.61 Å². The van der Waals surface area contributed by atoms with Crippen molar-refractivity contribution in [1.29, 1.82) is 0 Å². The third-order valence-electron chi connectivity index (χ3n) is 1.88. The summed E-state index contributed by atoms with van der Waals surface area (Å²) in [5, 5.41) is -1.37. The minimum atomic E-state index is -4.06. The maximum Gasteiger partial charge on any atom is 0.326 e. The van der Waals surface area contributed by atoms with Crippen molar-refractivity contribution in [1.82, 2.24) is 4.31 Å². The van der Waals surface area contributed by atoms with Crippen molar-refractivity contribution in [2.45, 2.75) is 17.0 Å². The number of alkyl halides is 2. The van der Waals surface area contributed by atoms with Crippen molar-refractivity contribution in [3.05, 3.63) is 0 Å². The second kappa shape index (κ2) is 4.77. The predicted octanol–water partition coefficient (Wildman–Crippen LogP) is -0.106. The molecule has 1 amide bonds. The maximum atomic E-state index is 11.5. The van der Waals surface area contributed by atoms with E-state index in [4.69, 9.17) is 23.2 Å². The van der Waals surface area contributed by atoms with Gasteiger partial charge in [-0.05, 0) is 6.92 Å². The summed E-state index contributed by atoms with van der Waals surface area (Å²) in [5.74, 6) is -1.73. The van der Waals surface area contributed by atoms with E-state index in [0.717, 1.165) is 0 Å². The van der Waals surface area contributed by atoms with E-state index >= 15 is 0 Å². The van der Waals surface area contributed by atoms with Gasteiger partial charge in [0, 0.05) is 0 Å². The first kappa shape index (κ1) is 13.5. The molecule has 0 aromatic carbocycles. The van der Waals surface area contributed by atoms with Gasteiger partial charge >= 0.3 is 5.97 Å². The summed E-state index contributed by atoms with van der Waals surface area (Å²) in [7, 11) is -4.06. The van der Waals surface area contributed by atoms with Crippen LogP contribution < -0.4 is 0 Å². The number of carbonyl (C=O) groups excluding carboxylic acids is 2. The number of esters is 1. The molecule has 9 heteroatoms. The zero-order valence-electron chi connectivity index (χ0n) is 8.22. The van der Waals surface area contributed by atoms with Gasteiger partial charge in [-0.2, -0.15) is 0 Å². The zero-order chi connectivity index (χ0) is 12.5. The third kappa shape index (κ3) is 2.26. The first-order valence-corrected chi connectivity index (χ1v) is 6.69. The second-order valence-corrected chi connectivity index (χ2v) is 6.13. The molecule has 1 aliphatic rings. The zero-order valence-corrected chi connectivity index (χ0v) is 10.5. The van der Waals surface area contributed by atoms with Crippen LogP contribution in [0.15, 0.2) is 0 Å². The molecule has 1 fully saturated rings. The Bertz CT molecular complexity index is 409. The Morgan fingerprint density at radius 1 is 1.50 bits per heavy atom. The standard InChI is InChI=1S/C7H9Cl2NO5S/c1-2-15-4(11)3-10-7(12)5(8)6(9)16(10,13)14/h5-6H,2-3H2,1H3. The smallest absolute Gasteiger partial charge is 0.326 e.